The van der Waals surface area contributed by atoms with Gasteiger partial charge in [0.05, 0.1) is 5.02 Å². The van der Waals surface area contributed by atoms with Crippen molar-refractivity contribution < 1.29 is 4.79 Å². The number of aromatic nitrogens is 1. The van der Waals surface area contributed by atoms with Gasteiger partial charge in [0.1, 0.15) is 5.82 Å². The zero-order chi connectivity index (χ0) is 19.3. The molecule has 2 aromatic rings. The smallest absolute Gasteiger partial charge is 0.251 e. The summed E-state index contributed by atoms with van der Waals surface area (Å²) in [5.41, 5.74) is 2.88. The van der Waals surface area contributed by atoms with Crippen LogP contribution in [0.2, 0.25) is 5.02 Å². The zero-order valence-corrected chi connectivity index (χ0v) is 16.7. The number of anilines is 3. The van der Waals surface area contributed by atoms with Crippen molar-refractivity contribution >= 4 is 34.7 Å². The van der Waals surface area contributed by atoms with Gasteiger partial charge in [-0.1, -0.05) is 17.7 Å². The molecule has 1 fully saturated rings. The van der Waals surface area contributed by atoms with E-state index in [9.17, 15) is 4.79 Å². The average molecular weight is 397 g/mol. The van der Waals surface area contributed by atoms with Gasteiger partial charge < -0.3 is 15.1 Å². The minimum absolute atomic E-state index is 0.0301. The Morgan fingerprint density at radius 2 is 1.79 bits per heavy atom. The van der Waals surface area contributed by atoms with Gasteiger partial charge in [-0.2, -0.15) is 0 Å². The summed E-state index contributed by atoms with van der Waals surface area (Å²) in [6.45, 7) is 3.60. The molecule has 0 radical (unpaired) electrons. The molecule has 0 atom stereocenters. The van der Waals surface area contributed by atoms with E-state index in [1.807, 2.05) is 30.3 Å². The van der Waals surface area contributed by atoms with E-state index in [0.29, 0.717) is 18.0 Å². The minimum atomic E-state index is -0.0301. The number of halogens is 1. The Morgan fingerprint density at radius 3 is 2.46 bits per heavy atom. The molecule has 1 N–H and O–H groups in total. The number of pyridine rings is 1. The second-order valence-electron chi connectivity index (χ2n) is 7.28. The van der Waals surface area contributed by atoms with Gasteiger partial charge in [-0.25, -0.2) is 4.98 Å². The van der Waals surface area contributed by atoms with E-state index in [4.69, 9.17) is 11.6 Å². The summed E-state index contributed by atoms with van der Waals surface area (Å²) in [4.78, 5) is 21.5. The monoisotopic (exact) mass is 396 g/mol. The quantitative estimate of drug-likeness (QED) is 0.826. The summed E-state index contributed by atoms with van der Waals surface area (Å²) in [7, 11) is 0. The van der Waals surface area contributed by atoms with Crippen LogP contribution in [0, 0.1) is 0 Å². The fraction of sp³-hybridized carbons (Fsp3) is 0.364. The fourth-order valence-corrected chi connectivity index (χ4v) is 4.04. The average Bonchev–Trinajstić information content (AvgIpc) is 2.75. The first-order valence-corrected chi connectivity index (χ1v) is 10.3. The van der Waals surface area contributed by atoms with E-state index in [2.05, 4.69) is 32.2 Å². The van der Waals surface area contributed by atoms with Crippen LogP contribution in [0.3, 0.4) is 0 Å². The highest BCUT2D eigenvalue weighted by Gasteiger charge is 2.19. The van der Waals surface area contributed by atoms with Crippen molar-refractivity contribution in [2.75, 3.05) is 41.3 Å². The van der Waals surface area contributed by atoms with Crippen molar-refractivity contribution in [3.63, 3.8) is 0 Å². The van der Waals surface area contributed by atoms with Crippen LogP contribution >= 0.6 is 11.6 Å². The lowest BCUT2D eigenvalue weighted by Crippen LogP contribution is -2.32. The van der Waals surface area contributed by atoms with E-state index >= 15 is 0 Å². The van der Waals surface area contributed by atoms with Crippen molar-refractivity contribution in [2.45, 2.75) is 25.7 Å². The Balaban J connectivity index is 1.35. The van der Waals surface area contributed by atoms with Crippen LogP contribution in [-0.2, 0) is 4.79 Å². The minimum Gasteiger partial charge on any atom is -0.372 e. The maximum atomic E-state index is 12.6. The molecule has 1 saturated heterocycles. The van der Waals surface area contributed by atoms with Crippen LogP contribution in [-0.4, -0.2) is 37.1 Å². The summed E-state index contributed by atoms with van der Waals surface area (Å²) in [6.07, 6.45) is 8.21. The van der Waals surface area contributed by atoms with Crippen molar-refractivity contribution in [3.05, 3.63) is 59.3 Å². The van der Waals surface area contributed by atoms with Gasteiger partial charge in [-0.3, -0.25) is 4.79 Å². The lowest BCUT2D eigenvalue weighted by Gasteiger charge is -2.29. The first-order valence-electron chi connectivity index (χ1n) is 9.91. The largest absolute Gasteiger partial charge is 0.372 e. The molecule has 146 valence electrons. The Morgan fingerprint density at radius 1 is 1.00 bits per heavy atom. The number of rotatable bonds is 4. The predicted molar refractivity (Wildman–Crippen MR) is 115 cm³/mol. The number of carbonyl (C=O) groups is 1. The molecule has 0 unspecified atom stereocenters. The van der Waals surface area contributed by atoms with Gasteiger partial charge in [0.25, 0.3) is 5.91 Å². The number of hydrogen-bond donors (Lipinski definition) is 1. The number of nitrogens with one attached hydrogen (secondary N) is 1. The molecule has 0 spiro atoms. The van der Waals surface area contributed by atoms with Crippen LogP contribution in [0.4, 0.5) is 17.2 Å². The molecule has 6 heteroatoms. The maximum absolute atomic E-state index is 12.6. The molecule has 1 amide bonds. The molecule has 1 aromatic heterocycles. The second kappa shape index (κ2) is 8.65. The molecule has 2 aliphatic heterocycles. The Hall–Kier alpha value is -2.53. The van der Waals surface area contributed by atoms with Gasteiger partial charge >= 0.3 is 0 Å². The fourth-order valence-electron chi connectivity index (χ4n) is 3.80. The number of benzene rings is 1. The van der Waals surface area contributed by atoms with Crippen LogP contribution < -0.4 is 15.1 Å². The molecule has 0 saturated carbocycles. The molecule has 28 heavy (non-hydrogen) atoms. The molecule has 0 aliphatic carbocycles. The van der Waals surface area contributed by atoms with Gasteiger partial charge in [-0.15, -0.1) is 0 Å². The van der Waals surface area contributed by atoms with Crippen LogP contribution in [0.25, 0.3) is 0 Å². The number of piperidine rings is 1. The van der Waals surface area contributed by atoms with E-state index in [1.54, 1.807) is 6.20 Å². The highest BCUT2D eigenvalue weighted by molar-refractivity contribution is 6.32. The summed E-state index contributed by atoms with van der Waals surface area (Å²) >= 11 is 6.23. The van der Waals surface area contributed by atoms with Crippen molar-refractivity contribution in [1.29, 1.82) is 0 Å². The van der Waals surface area contributed by atoms with E-state index in [1.165, 1.54) is 24.9 Å². The summed E-state index contributed by atoms with van der Waals surface area (Å²) < 4.78 is 0. The van der Waals surface area contributed by atoms with Crippen LogP contribution in [0.1, 0.15) is 25.7 Å². The molecule has 2 aliphatic rings. The SMILES string of the molecule is O=C(Nc1ccc(N2CCCCC2)cc1)C1=CCN(c2ncccc2Cl)CC1. The Kier molecular flexibility index (Phi) is 5.81. The number of carbonyl (C=O) groups excluding carboxylic acids is 1. The lowest BCUT2D eigenvalue weighted by molar-refractivity contribution is -0.113. The number of hydrogen-bond acceptors (Lipinski definition) is 4. The molecule has 1 aromatic carbocycles. The Labute approximate surface area is 171 Å². The van der Waals surface area contributed by atoms with Gasteiger partial charge in [0, 0.05) is 49.3 Å². The van der Waals surface area contributed by atoms with Crippen LogP contribution in [0.5, 0.6) is 0 Å². The third kappa shape index (κ3) is 4.30. The van der Waals surface area contributed by atoms with Gasteiger partial charge in [-0.05, 0) is 62.1 Å². The van der Waals surface area contributed by atoms with Gasteiger partial charge in [0.15, 0.2) is 0 Å². The van der Waals surface area contributed by atoms with E-state index in [0.717, 1.165) is 36.7 Å². The Bertz CT molecular complexity index is 859. The second-order valence-corrected chi connectivity index (χ2v) is 7.69. The topological polar surface area (TPSA) is 48.5 Å². The third-order valence-corrected chi connectivity index (χ3v) is 5.68. The molecule has 0 bridgehead atoms. The first kappa shape index (κ1) is 18.8. The van der Waals surface area contributed by atoms with Crippen molar-refractivity contribution in [3.8, 4) is 0 Å². The first-order chi connectivity index (χ1) is 13.7. The number of nitrogens with zero attached hydrogens (tertiary/aromatic N) is 3. The predicted octanol–water partition coefficient (Wildman–Crippen LogP) is 4.50. The molecule has 5 nitrogen and oxygen atoms in total. The molecule has 3 heterocycles. The highest BCUT2D eigenvalue weighted by atomic mass is 35.5. The third-order valence-electron chi connectivity index (χ3n) is 5.39. The van der Waals surface area contributed by atoms with Crippen molar-refractivity contribution in [2.24, 2.45) is 0 Å². The molecule has 4 rings (SSSR count). The van der Waals surface area contributed by atoms with E-state index in [-0.39, 0.29) is 5.91 Å². The summed E-state index contributed by atoms with van der Waals surface area (Å²) in [6, 6.07) is 11.8. The highest BCUT2D eigenvalue weighted by Crippen LogP contribution is 2.26. The van der Waals surface area contributed by atoms with E-state index < -0.39 is 0 Å². The standard InChI is InChI=1S/C22H25ClN4O/c23-20-5-4-12-24-21(20)27-15-10-17(11-16-27)22(28)25-18-6-8-19(9-7-18)26-13-2-1-3-14-26/h4-10,12H,1-3,11,13-16H2,(H,25,28). The van der Waals surface area contributed by atoms with Gasteiger partial charge in [0.2, 0.25) is 0 Å². The lowest BCUT2D eigenvalue weighted by atomic mass is 10.1. The van der Waals surface area contributed by atoms with Crippen LogP contribution in [0.15, 0.2) is 54.2 Å². The molecular formula is C22H25ClN4O. The number of amides is 1. The van der Waals surface area contributed by atoms with Crippen molar-refractivity contribution in [1.82, 2.24) is 4.98 Å². The maximum Gasteiger partial charge on any atom is 0.251 e. The summed E-state index contributed by atoms with van der Waals surface area (Å²) in [5, 5.41) is 3.66. The molecular weight excluding hydrogens is 372 g/mol. The normalized spacial score (nSPS) is 17.2. The zero-order valence-electron chi connectivity index (χ0n) is 15.9. The summed E-state index contributed by atoms with van der Waals surface area (Å²) in [5.74, 6) is 0.741.